The van der Waals surface area contributed by atoms with Gasteiger partial charge in [0.15, 0.2) is 0 Å². The lowest BCUT2D eigenvalue weighted by Gasteiger charge is -2.29. The van der Waals surface area contributed by atoms with Gasteiger partial charge in [0.25, 0.3) is 0 Å². The van der Waals surface area contributed by atoms with E-state index in [-0.39, 0.29) is 12.4 Å². The summed E-state index contributed by atoms with van der Waals surface area (Å²) >= 11 is 0. The van der Waals surface area contributed by atoms with Gasteiger partial charge in [0.2, 0.25) is 0 Å². The van der Waals surface area contributed by atoms with Crippen LogP contribution in [0.15, 0.2) is 0 Å². The van der Waals surface area contributed by atoms with E-state index in [0.29, 0.717) is 0 Å². The Kier molecular flexibility index (Phi) is 9.57. The van der Waals surface area contributed by atoms with Gasteiger partial charge in [-0.3, -0.25) is 0 Å². The minimum atomic E-state index is 0. The Hall–Kier alpha value is 0.210. The molecule has 0 bridgehead atoms. The van der Waals surface area contributed by atoms with E-state index in [2.05, 4.69) is 24.1 Å². The molecule has 92 valence electrons. The minimum absolute atomic E-state index is 0. The Labute approximate surface area is 101 Å². The fourth-order valence-corrected chi connectivity index (χ4v) is 2.36. The second-order valence-corrected chi connectivity index (χ2v) is 4.49. The number of hydrogen-bond acceptors (Lipinski definition) is 2. The highest BCUT2D eigenvalue weighted by molar-refractivity contribution is 5.85. The van der Waals surface area contributed by atoms with Crippen LogP contribution in [-0.2, 0) is 0 Å². The van der Waals surface area contributed by atoms with Gasteiger partial charge in [0.05, 0.1) is 0 Å². The third kappa shape index (κ3) is 6.39. The molecule has 15 heavy (non-hydrogen) atoms. The number of hydrogen-bond donors (Lipinski definition) is 1. The van der Waals surface area contributed by atoms with Gasteiger partial charge in [-0.1, -0.05) is 13.8 Å². The molecule has 0 spiro atoms. The van der Waals surface area contributed by atoms with E-state index in [1.54, 1.807) is 0 Å². The normalized spacial score (nSPS) is 17.8. The maximum Gasteiger partial charge on any atom is 0.00106 e. The molecular formula is C12H27ClN2. The Morgan fingerprint density at radius 3 is 2.07 bits per heavy atom. The average molecular weight is 235 g/mol. The highest BCUT2D eigenvalue weighted by atomic mass is 35.5. The molecule has 1 heterocycles. The smallest absolute Gasteiger partial charge is 0.00106 e. The molecule has 1 aliphatic heterocycles. The highest BCUT2D eigenvalue weighted by Crippen LogP contribution is 2.13. The van der Waals surface area contributed by atoms with Gasteiger partial charge in [-0.15, -0.1) is 12.4 Å². The van der Waals surface area contributed by atoms with E-state index >= 15 is 0 Å². The van der Waals surface area contributed by atoms with Gasteiger partial charge >= 0.3 is 0 Å². The lowest BCUT2D eigenvalue weighted by molar-refractivity contribution is 0.206. The van der Waals surface area contributed by atoms with Crippen LogP contribution in [0.2, 0.25) is 0 Å². The van der Waals surface area contributed by atoms with Gasteiger partial charge in [0.1, 0.15) is 0 Å². The summed E-state index contributed by atoms with van der Waals surface area (Å²) in [7, 11) is 0. The second kappa shape index (κ2) is 9.44. The molecule has 1 saturated heterocycles. The number of nitrogens with one attached hydrogen (secondary N) is 1. The van der Waals surface area contributed by atoms with Crippen LogP contribution in [0.25, 0.3) is 0 Å². The summed E-state index contributed by atoms with van der Waals surface area (Å²) < 4.78 is 0. The predicted molar refractivity (Wildman–Crippen MR) is 69.9 cm³/mol. The summed E-state index contributed by atoms with van der Waals surface area (Å²) in [6.45, 7) is 10.9. The first kappa shape index (κ1) is 15.2. The summed E-state index contributed by atoms with van der Waals surface area (Å²) in [5, 5.41) is 3.43. The zero-order chi connectivity index (χ0) is 10.2. The molecule has 1 aliphatic rings. The first-order valence-electron chi connectivity index (χ1n) is 6.29. The van der Waals surface area contributed by atoms with Crippen LogP contribution in [0, 0.1) is 5.92 Å². The molecule has 0 aromatic carbocycles. The van der Waals surface area contributed by atoms with E-state index in [4.69, 9.17) is 0 Å². The fraction of sp³-hybridized carbons (Fsp3) is 1.00. The molecule has 0 aromatic heterocycles. The maximum atomic E-state index is 3.43. The number of halogens is 1. The molecule has 0 aliphatic carbocycles. The largest absolute Gasteiger partial charge is 0.317 e. The molecule has 0 amide bonds. The molecule has 0 aromatic rings. The van der Waals surface area contributed by atoms with E-state index in [9.17, 15) is 0 Å². The van der Waals surface area contributed by atoms with Crippen molar-refractivity contribution in [3.63, 3.8) is 0 Å². The van der Waals surface area contributed by atoms with Crippen LogP contribution in [0.1, 0.15) is 39.5 Å². The Bertz CT molecular complexity index is 130. The maximum absolute atomic E-state index is 3.43. The monoisotopic (exact) mass is 234 g/mol. The van der Waals surface area contributed by atoms with E-state index < -0.39 is 0 Å². The van der Waals surface area contributed by atoms with Gasteiger partial charge in [-0.2, -0.15) is 0 Å². The standard InChI is InChI=1S/C12H26N2.ClH/c1-3-9-14(10-4-2)11-12-5-7-13-8-6-12;/h12-13H,3-11H2,1-2H3;1H. The van der Waals surface area contributed by atoms with Crippen molar-refractivity contribution in [1.29, 1.82) is 0 Å². The van der Waals surface area contributed by atoms with Crippen molar-refractivity contribution < 1.29 is 0 Å². The van der Waals surface area contributed by atoms with Gasteiger partial charge in [-0.05, 0) is 57.8 Å². The molecule has 2 nitrogen and oxygen atoms in total. The Morgan fingerprint density at radius 1 is 1.07 bits per heavy atom. The molecule has 1 rings (SSSR count). The third-order valence-electron chi connectivity index (χ3n) is 3.05. The number of nitrogens with zero attached hydrogens (tertiary/aromatic N) is 1. The first-order valence-corrected chi connectivity index (χ1v) is 6.29. The van der Waals surface area contributed by atoms with Gasteiger partial charge < -0.3 is 10.2 Å². The lowest BCUT2D eigenvalue weighted by Crippen LogP contribution is -2.36. The van der Waals surface area contributed by atoms with Crippen molar-refractivity contribution in [2.24, 2.45) is 5.92 Å². The van der Waals surface area contributed by atoms with Crippen LogP contribution < -0.4 is 5.32 Å². The SMILES string of the molecule is CCCN(CCC)CC1CCNCC1.Cl. The van der Waals surface area contributed by atoms with Crippen molar-refractivity contribution in [3.05, 3.63) is 0 Å². The molecule has 0 atom stereocenters. The van der Waals surface area contributed by atoms with Crippen LogP contribution in [-0.4, -0.2) is 37.6 Å². The summed E-state index contributed by atoms with van der Waals surface area (Å²) in [4.78, 5) is 2.65. The van der Waals surface area contributed by atoms with E-state index in [1.165, 1.54) is 58.4 Å². The first-order chi connectivity index (χ1) is 6.86. The van der Waals surface area contributed by atoms with Crippen LogP contribution in [0.4, 0.5) is 0 Å². The quantitative estimate of drug-likeness (QED) is 0.760. The van der Waals surface area contributed by atoms with Crippen molar-refractivity contribution in [1.82, 2.24) is 10.2 Å². The molecule has 0 unspecified atom stereocenters. The zero-order valence-corrected chi connectivity index (χ0v) is 11.1. The molecule has 0 saturated carbocycles. The summed E-state index contributed by atoms with van der Waals surface area (Å²) in [6, 6.07) is 0. The summed E-state index contributed by atoms with van der Waals surface area (Å²) in [5.41, 5.74) is 0. The minimum Gasteiger partial charge on any atom is -0.317 e. The zero-order valence-electron chi connectivity index (χ0n) is 10.3. The highest BCUT2D eigenvalue weighted by Gasteiger charge is 2.15. The topological polar surface area (TPSA) is 15.3 Å². The van der Waals surface area contributed by atoms with Crippen molar-refractivity contribution in [2.75, 3.05) is 32.7 Å². The predicted octanol–water partition coefficient (Wildman–Crippen LogP) is 2.53. The molecule has 1 fully saturated rings. The number of rotatable bonds is 6. The summed E-state index contributed by atoms with van der Waals surface area (Å²) in [6.07, 6.45) is 5.35. The van der Waals surface area contributed by atoms with E-state index in [1.807, 2.05) is 0 Å². The van der Waals surface area contributed by atoms with Gasteiger partial charge in [0, 0.05) is 6.54 Å². The molecule has 1 N–H and O–H groups in total. The van der Waals surface area contributed by atoms with E-state index in [0.717, 1.165) is 5.92 Å². The van der Waals surface area contributed by atoms with Gasteiger partial charge in [-0.25, -0.2) is 0 Å². The lowest BCUT2D eigenvalue weighted by atomic mass is 9.97. The number of piperidine rings is 1. The Morgan fingerprint density at radius 2 is 1.60 bits per heavy atom. The van der Waals surface area contributed by atoms with Crippen LogP contribution in [0.5, 0.6) is 0 Å². The molecule has 3 heteroatoms. The Balaban J connectivity index is 0.00000196. The fourth-order valence-electron chi connectivity index (χ4n) is 2.36. The third-order valence-corrected chi connectivity index (χ3v) is 3.05. The molecular weight excluding hydrogens is 208 g/mol. The molecule has 0 radical (unpaired) electrons. The van der Waals surface area contributed by atoms with Crippen molar-refractivity contribution in [2.45, 2.75) is 39.5 Å². The van der Waals surface area contributed by atoms with Crippen molar-refractivity contribution in [3.8, 4) is 0 Å². The van der Waals surface area contributed by atoms with Crippen LogP contribution in [0.3, 0.4) is 0 Å². The summed E-state index contributed by atoms with van der Waals surface area (Å²) in [5.74, 6) is 0.953. The average Bonchev–Trinajstić information content (AvgIpc) is 2.20. The van der Waals surface area contributed by atoms with Crippen molar-refractivity contribution >= 4 is 12.4 Å². The second-order valence-electron chi connectivity index (χ2n) is 4.49. The van der Waals surface area contributed by atoms with Crippen LogP contribution >= 0.6 is 12.4 Å².